The minimum Gasteiger partial charge on any atom is -0.376 e. The van der Waals surface area contributed by atoms with Crippen molar-refractivity contribution in [3.05, 3.63) is 11.9 Å². The van der Waals surface area contributed by atoms with Gasteiger partial charge in [-0.2, -0.15) is 9.40 Å². The Labute approximate surface area is 94.6 Å². The summed E-state index contributed by atoms with van der Waals surface area (Å²) in [7, 11) is -3.42. The minimum atomic E-state index is -3.42. The highest BCUT2D eigenvalue weighted by Crippen LogP contribution is 2.19. The van der Waals surface area contributed by atoms with Crippen LogP contribution in [-0.2, 0) is 14.8 Å². The Morgan fingerprint density at radius 1 is 1.62 bits per heavy atom. The van der Waals surface area contributed by atoms with Crippen molar-refractivity contribution in [1.29, 1.82) is 0 Å². The van der Waals surface area contributed by atoms with Crippen LogP contribution in [0.3, 0.4) is 0 Å². The molecule has 0 aliphatic carbocycles. The molecule has 0 spiro atoms. The number of nitrogens with zero attached hydrogens (tertiary/aromatic N) is 2. The lowest BCUT2D eigenvalue weighted by molar-refractivity contribution is 0.0102. The average Bonchev–Trinajstić information content (AvgIpc) is 2.65. The molecule has 90 valence electrons. The summed E-state index contributed by atoms with van der Waals surface area (Å²) in [6.07, 6.45) is 1.29. The minimum absolute atomic E-state index is 0.0595. The Balaban J connectivity index is 2.29. The molecule has 7 heteroatoms. The summed E-state index contributed by atoms with van der Waals surface area (Å²) in [5.74, 6) is 0. The van der Waals surface area contributed by atoms with Crippen LogP contribution in [0.25, 0.3) is 0 Å². The van der Waals surface area contributed by atoms with Crippen molar-refractivity contribution >= 4 is 10.0 Å². The molecule has 16 heavy (non-hydrogen) atoms. The third-order valence-electron chi connectivity index (χ3n) is 2.61. The van der Waals surface area contributed by atoms with E-state index in [0.29, 0.717) is 25.4 Å². The topological polar surface area (TPSA) is 75.3 Å². The summed E-state index contributed by atoms with van der Waals surface area (Å²) in [6.45, 7) is 4.80. The third-order valence-corrected chi connectivity index (χ3v) is 4.58. The number of aromatic amines is 1. The summed E-state index contributed by atoms with van der Waals surface area (Å²) >= 11 is 0. The van der Waals surface area contributed by atoms with E-state index in [1.165, 1.54) is 10.5 Å². The maximum atomic E-state index is 12.2. The van der Waals surface area contributed by atoms with Crippen molar-refractivity contribution < 1.29 is 13.2 Å². The highest BCUT2D eigenvalue weighted by Gasteiger charge is 2.30. The molecular formula is C9H15N3O3S. The number of sulfonamides is 1. The van der Waals surface area contributed by atoms with Crippen LogP contribution in [0.4, 0.5) is 0 Å². The van der Waals surface area contributed by atoms with Gasteiger partial charge in [0.25, 0.3) is 0 Å². The molecule has 1 aliphatic rings. The fraction of sp³-hybridized carbons (Fsp3) is 0.667. The first-order valence-electron chi connectivity index (χ1n) is 5.13. The second kappa shape index (κ2) is 4.15. The van der Waals surface area contributed by atoms with Crippen molar-refractivity contribution in [2.45, 2.75) is 24.8 Å². The number of nitrogens with one attached hydrogen (secondary N) is 1. The number of hydrogen-bond acceptors (Lipinski definition) is 4. The Morgan fingerprint density at radius 2 is 2.38 bits per heavy atom. The Kier molecular flexibility index (Phi) is 3.00. The van der Waals surface area contributed by atoms with Gasteiger partial charge in [-0.15, -0.1) is 0 Å². The van der Waals surface area contributed by atoms with Crippen molar-refractivity contribution in [3.8, 4) is 0 Å². The fourth-order valence-corrected chi connectivity index (χ4v) is 3.36. The summed E-state index contributed by atoms with van der Waals surface area (Å²) in [6, 6.07) is 0. The highest BCUT2D eigenvalue weighted by atomic mass is 32.2. The Bertz CT molecular complexity index is 468. The predicted molar refractivity (Wildman–Crippen MR) is 57.5 cm³/mol. The summed E-state index contributed by atoms with van der Waals surface area (Å²) in [4.78, 5) is 0.251. The summed E-state index contributed by atoms with van der Waals surface area (Å²) < 4.78 is 31.2. The van der Waals surface area contributed by atoms with E-state index in [-0.39, 0.29) is 11.0 Å². The van der Waals surface area contributed by atoms with Crippen LogP contribution >= 0.6 is 0 Å². The van der Waals surface area contributed by atoms with Gasteiger partial charge in [0, 0.05) is 13.1 Å². The number of H-pyrrole nitrogens is 1. The largest absolute Gasteiger partial charge is 0.376 e. The first-order chi connectivity index (χ1) is 7.51. The van der Waals surface area contributed by atoms with Crippen LogP contribution in [0.5, 0.6) is 0 Å². The van der Waals surface area contributed by atoms with E-state index >= 15 is 0 Å². The van der Waals surface area contributed by atoms with Gasteiger partial charge in [-0.3, -0.25) is 5.10 Å². The van der Waals surface area contributed by atoms with Gasteiger partial charge in [0.1, 0.15) is 4.90 Å². The third kappa shape index (κ3) is 1.98. The molecule has 2 rings (SSSR count). The monoisotopic (exact) mass is 245 g/mol. The van der Waals surface area contributed by atoms with Gasteiger partial charge in [-0.25, -0.2) is 8.42 Å². The second-order valence-electron chi connectivity index (χ2n) is 3.90. The van der Waals surface area contributed by atoms with Crippen LogP contribution < -0.4 is 0 Å². The molecule has 0 unspecified atom stereocenters. The predicted octanol–water partition coefficient (Wildman–Crippen LogP) is 0.128. The number of aryl methyl sites for hydroxylation is 1. The molecule has 6 nitrogen and oxygen atoms in total. The molecule has 0 bridgehead atoms. The SMILES string of the molecule is Cc1[nH]ncc1S(=O)(=O)N1CCO[C@@H](C)C1. The smallest absolute Gasteiger partial charge is 0.246 e. The Morgan fingerprint density at radius 3 is 2.94 bits per heavy atom. The average molecular weight is 245 g/mol. The number of rotatable bonds is 2. The second-order valence-corrected chi connectivity index (χ2v) is 5.81. The maximum Gasteiger partial charge on any atom is 0.246 e. The zero-order valence-electron chi connectivity index (χ0n) is 9.30. The molecule has 1 aromatic heterocycles. The Hall–Kier alpha value is -0.920. The lowest BCUT2D eigenvalue weighted by Crippen LogP contribution is -2.44. The van der Waals surface area contributed by atoms with Gasteiger partial charge in [0.15, 0.2) is 0 Å². The highest BCUT2D eigenvalue weighted by molar-refractivity contribution is 7.89. The van der Waals surface area contributed by atoms with E-state index in [2.05, 4.69) is 10.2 Å². The molecular weight excluding hydrogens is 230 g/mol. The number of aromatic nitrogens is 2. The van der Waals surface area contributed by atoms with E-state index in [0.717, 1.165) is 0 Å². The van der Waals surface area contributed by atoms with Crippen LogP contribution in [0.1, 0.15) is 12.6 Å². The molecule has 1 saturated heterocycles. The van der Waals surface area contributed by atoms with E-state index in [9.17, 15) is 8.42 Å². The number of hydrogen-bond donors (Lipinski definition) is 1. The van der Waals surface area contributed by atoms with E-state index in [1.54, 1.807) is 6.92 Å². The normalized spacial score (nSPS) is 23.5. The lowest BCUT2D eigenvalue weighted by atomic mass is 10.3. The molecule has 1 atom stereocenters. The molecule has 1 fully saturated rings. The number of ether oxygens (including phenoxy) is 1. The first-order valence-corrected chi connectivity index (χ1v) is 6.57. The molecule has 0 aromatic carbocycles. The zero-order chi connectivity index (χ0) is 11.8. The zero-order valence-corrected chi connectivity index (χ0v) is 10.1. The molecule has 2 heterocycles. The molecule has 1 N–H and O–H groups in total. The van der Waals surface area contributed by atoms with Gasteiger partial charge in [-0.05, 0) is 13.8 Å². The standard InChI is InChI=1S/C9H15N3O3S/c1-7-6-12(3-4-15-7)16(13,14)9-5-10-11-8(9)2/h5,7H,3-4,6H2,1-2H3,(H,10,11)/t7-/m0/s1. The van der Waals surface area contributed by atoms with Crippen molar-refractivity contribution in [3.63, 3.8) is 0 Å². The van der Waals surface area contributed by atoms with Crippen LogP contribution in [-0.4, -0.2) is 48.7 Å². The van der Waals surface area contributed by atoms with Crippen molar-refractivity contribution in [2.24, 2.45) is 0 Å². The van der Waals surface area contributed by atoms with Crippen molar-refractivity contribution in [1.82, 2.24) is 14.5 Å². The summed E-state index contributed by atoms with van der Waals surface area (Å²) in [5.41, 5.74) is 0.569. The van der Waals surface area contributed by atoms with Gasteiger partial charge in [-0.1, -0.05) is 0 Å². The van der Waals surface area contributed by atoms with Gasteiger partial charge < -0.3 is 4.74 Å². The fourth-order valence-electron chi connectivity index (χ4n) is 1.74. The quantitative estimate of drug-likeness (QED) is 0.803. The molecule has 0 saturated carbocycles. The lowest BCUT2D eigenvalue weighted by Gasteiger charge is -2.30. The van der Waals surface area contributed by atoms with E-state index in [1.807, 2.05) is 6.92 Å². The summed E-state index contributed by atoms with van der Waals surface area (Å²) in [5, 5.41) is 6.38. The van der Waals surface area contributed by atoms with Gasteiger partial charge in [0.05, 0.1) is 24.6 Å². The molecule has 0 radical (unpaired) electrons. The van der Waals surface area contributed by atoms with Crippen molar-refractivity contribution in [2.75, 3.05) is 19.7 Å². The first kappa shape index (κ1) is 11.6. The van der Waals surface area contributed by atoms with Crippen LogP contribution in [0, 0.1) is 6.92 Å². The maximum absolute atomic E-state index is 12.2. The molecule has 1 aliphatic heterocycles. The van der Waals surface area contributed by atoms with Gasteiger partial charge >= 0.3 is 0 Å². The van der Waals surface area contributed by atoms with E-state index < -0.39 is 10.0 Å². The van der Waals surface area contributed by atoms with Crippen LogP contribution in [0.15, 0.2) is 11.1 Å². The van der Waals surface area contributed by atoms with Crippen LogP contribution in [0.2, 0.25) is 0 Å². The van der Waals surface area contributed by atoms with E-state index in [4.69, 9.17) is 4.74 Å². The molecule has 0 amide bonds. The van der Waals surface area contributed by atoms with Gasteiger partial charge in [0.2, 0.25) is 10.0 Å². The number of morpholine rings is 1. The molecule has 1 aromatic rings.